The molecule has 1 aromatic carbocycles. The number of hydrogen-bond acceptors (Lipinski definition) is 8. The summed E-state index contributed by atoms with van der Waals surface area (Å²) in [6.45, 7) is 11.9. The van der Waals surface area contributed by atoms with Gasteiger partial charge in [0.15, 0.2) is 0 Å². The maximum atomic E-state index is 13.4. The third kappa shape index (κ3) is 6.61. The highest BCUT2D eigenvalue weighted by atomic mass is 32.1. The van der Waals surface area contributed by atoms with Gasteiger partial charge in [-0.2, -0.15) is 0 Å². The molecule has 0 fully saturated rings. The zero-order chi connectivity index (χ0) is 31.6. The van der Waals surface area contributed by atoms with Gasteiger partial charge in [-0.3, -0.25) is 10.1 Å². The molecule has 228 valence electrons. The third-order valence-corrected chi connectivity index (χ3v) is 8.27. The quantitative estimate of drug-likeness (QED) is 0.172. The van der Waals surface area contributed by atoms with E-state index in [1.165, 1.54) is 17.5 Å². The van der Waals surface area contributed by atoms with Crippen molar-refractivity contribution in [3.05, 3.63) is 63.5 Å². The van der Waals surface area contributed by atoms with Crippen LogP contribution in [0.4, 0.5) is 10.6 Å². The van der Waals surface area contributed by atoms with Gasteiger partial charge < -0.3 is 25.8 Å². The van der Waals surface area contributed by atoms with Crippen LogP contribution in [0, 0.1) is 11.3 Å². The van der Waals surface area contributed by atoms with Gasteiger partial charge in [0, 0.05) is 40.8 Å². The molecule has 4 rings (SSSR count). The fraction of sp³-hybridized carbons (Fsp3) is 0.387. The summed E-state index contributed by atoms with van der Waals surface area (Å²) in [7, 11) is 0. The number of amides is 2. The topological polar surface area (TPSA) is 172 Å². The zero-order valence-electron chi connectivity index (χ0n) is 25.1. The van der Waals surface area contributed by atoms with Crippen molar-refractivity contribution in [1.82, 2.24) is 19.9 Å². The molecule has 11 nitrogen and oxygen atoms in total. The van der Waals surface area contributed by atoms with Crippen LogP contribution in [0.15, 0.2) is 46.8 Å². The zero-order valence-corrected chi connectivity index (χ0v) is 26.0. The van der Waals surface area contributed by atoms with E-state index in [1.54, 1.807) is 29.0 Å². The van der Waals surface area contributed by atoms with Gasteiger partial charge in [0.2, 0.25) is 5.43 Å². The van der Waals surface area contributed by atoms with Crippen molar-refractivity contribution in [2.24, 2.45) is 17.1 Å². The van der Waals surface area contributed by atoms with Gasteiger partial charge in [0.25, 0.3) is 0 Å². The van der Waals surface area contributed by atoms with Gasteiger partial charge in [-0.1, -0.05) is 40.7 Å². The van der Waals surface area contributed by atoms with E-state index >= 15 is 0 Å². The van der Waals surface area contributed by atoms with Crippen LogP contribution in [0.2, 0.25) is 0 Å². The molecular formula is C31H38N6O5S. The molecule has 2 atom stereocenters. The molecule has 0 unspecified atom stereocenters. The van der Waals surface area contributed by atoms with Crippen LogP contribution in [0.5, 0.6) is 0 Å². The minimum absolute atomic E-state index is 0.170. The number of aromatic carboxylic acids is 1. The van der Waals surface area contributed by atoms with Crippen LogP contribution in [-0.2, 0) is 0 Å². The Balaban J connectivity index is 1.96. The van der Waals surface area contributed by atoms with Crippen molar-refractivity contribution in [2.75, 3.05) is 18.5 Å². The van der Waals surface area contributed by atoms with Crippen molar-refractivity contribution in [1.29, 1.82) is 0 Å². The normalized spacial score (nSPS) is 13.2. The first-order valence-corrected chi connectivity index (χ1v) is 14.9. The number of aliphatic hydroxyl groups is 1. The number of aromatic nitrogens is 3. The number of rotatable bonds is 9. The first-order valence-electron chi connectivity index (χ1n) is 14.1. The number of carbonyl (C=O) groups excluding carboxylic acids is 1. The Hall–Kier alpha value is -4.13. The molecule has 4 aromatic rings. The number of thiazole rings is 1. The molecule has 0 saturated heterocycles. The van der Waals surface area contributed by atoms with E-state index in [4.69, 9.17) is 10.7 Å². The van der Waals surface area contributed by atoms with Crippen molar-refractivity contribution in [3.63, 3.8) is 0 Å². The van der Waals surface area contributed by atoms with Crippen molar-refractivity contribution >= 4 is 40.1 Å². The highest BCUT2D eigenvalue weighted by Crippen LogP contribution is 2.38. The number of pyridine rings is 2. The highest BCUT2D eigenvalue weighted by molar-refractivity contribution is 7.13. The molecule has 6 N–H and O–H groups in total. The van der Waals surface area contributed by atoms with Crippen molar-refractivity contribution in [3.8, 4) is 21.7 Å². The van der Waals surface area contributed by atoms with E-state index in [2.05, 4.69) is 15.6 Å². The van der Waals surface area contributed by atoms with Crippen LogP contribution in [0.25, 0.3) is 32.6 Å². The summed E-state index contributed by atoms with van der Waals surface area (Å²) in [5, 5.41) is 28.3. The number of urea groups is 1. The van der Waals surface area contributed by atoms with Gasteiger partial charge in [-0.25, -0.2) is 19.6 Å². The van der Waals surface area contributed by atoms with Crippen LogP contribution < -0.4 is 21.8 Å². The molecule has 0 radical (unpaired) electrons. The van der Waals surface area contributed by atoms with E-state index < -0.39 is 28.9 Å². The molecule has 0 aliphatic heterocycles. The number of aliphatic hydroxyl groups excluding tert-OH is 1. The SMILES string of the molecule is CCNC(=O)Nc1cc(-c2nc([C@H](N)C(C)C)cs2)c(-c2ccc3c(c2)c(=O)c(C(=O)O)cn3[C@H](CO)C(C)(C)C)cn1. The monoisotopic (exact) mass is 606 g/mol. The Morgan fingerprint density at radius 1 is 1.16 bits per heavy atom. The number of anilines is 1. The van der Waals surface area contributed by atoms with E-state index in [0.717, 1.165) is 5.69 Å². The maximum Gasteiger partial charge on any atom is 0.341 e. The highest BCUT2D eigenvalue weighted by Gasteiger charge is 2.28. The lowest BCUT2D eigenvalue weighted by Crippen LogP contribution is -2.30. The predicted molar refractivity (Wildman–Crippen MR) is 170 cm³/mol. The lowest BCUT2D eigenvalue weighted by Gasteiger charge is -2.32. The summed E-state index contributed by atoms with van der Waals surface area (Å²) in [4.78, 5) is 47.0. The average Bonchev–Trinajstić information content (AvgIpc) is 3.43. The number of carbonyl (C=O) groups is 2. The second-order valence-corrected chi connectivity index (χ2v) is 12.7. The molecule has 0 aliphatic carbocycles. The average molecular weight is 607 g/mol. The summed E-state index contributed by atoms with van der Waals surface area (Å²) in [6, 6.07) is 5.77. The number of carboxylic acid groups (broad SMARTS) is 1. The fourth-order valence-corrected chi connectivity index (χ4v) is 5.76. The van der Waals surface area contributed by atoms with Crippen molar-refractivity contribution in [2.45, 2.75) is 53.6 Å². The number of nitrogens with zero attached hydrogens (tertiary/aromatic N) is 3. The Morgan fingerprint density at radius 3 is 2.49 bits per heavy atom. The second kappa shape index (κ2) is 12.6. The molecule has 0 aliphatic rings. The maximum absolute atomic E-state index is 13.4. The van der Waals surface area contributed by atoms with E-state index in [1.807, 2.05) is 53.0 Å². The number of carboxylic acids is 1. The Bertz CT molecular complexity index is 1720. The van der Waals surface area contributed by atoms with Gasteiger partial charge in [-0.05, 0) is 42.0 Å². The van der Waals surface area contributed by atoms with Crippen LogP contribution >= 0.6 is 11.3 Å². The summed E-state index contributed by atoms with van der Waals surface area (Å²) < 4.78 is 1.67. The van der Waals surface area contributed by atoms with Crippen LogP contribution in [0.3, 0.4) is 0 Å². The van der Waals surface area contributed by atoms with Gasteiger partial charge in [-0.15, -0.1) is 11.3 Å². The molecule has 3 aromatic heterocycles. The number of nitrogens with one attached hydrogen (secondary N) is 2. The largest absolute Gasteiger partial charge is 0.477 e. The number of nitrogens with two attached hydrogens (primary N) is 1. The number of benzene rings is 1. The van der Waals surface area contributed by atoms with Crippen molar-refractivity contribution < 1.29 is 19.8 Å². The van der Waals surface area contributed by atoms with Crippen LogP contribution in [0.1, 0.15) is 69.7 Å². The Kier molecular flexibility index (Phi) is 9.33. The molecule has 43 heavy (non-hydrogen) atoms. The fourth-order valence-electron chi connectivity index (χ4n) is 4.87. The molecule has 0 saturated carbocycles. The van der Waals surface area contributed by atoms with Gasteiger partial charge in [0.05, 0.1) is 29.9 Å². The second-order valence-electron chi connectivity index (χ2n) is 11.8. The third-order valence-electron chi connectivity index (χ3n) is 7.38. The summed E-state index contributed by atoms with van der Waals surface area (Å²) in [6.07, 6.45) is 2.90. The standard InChI is InChI=1S/C31H38N6O5S/c1-7-33-30(42)36-25-11-18(28-35-22(15-43-28)26(32)16(2)3)20(12-34-25)17-8-9-23-19(10-17)27(39)21(29(40)41)13-37(23)24(14-38)31(4,5)6/h8-13,15-16,24,26,38H,7,14,32H2,1-6H3,(H,40,41)(H2,33,34,36,42)/t24-,26-/m1/s1. The molecule has 0 spiro atoms. The smallest absolute Gasteiger partial charge is 0.341 e. The minimum Gasteiger partial charge on any atom is -0.477 e. The lowest BCUT2D eigenvalue weighted by atomic mass is 9.86. The predicted octanol–water partition coefficient (Wildman–Crippen LogP) is 5.26. The minimum atomic E-state index is -1.35. The summed E-state index contributed by atoms with van der Waals surface area (Å²) in [5.41, 5.74) is 8.04. The molecule has 12 heteroatoms. The Morgan fingerprint density at radius 2 is 1.88 bits per heavy atom. The molecule has 3 heterocycles. The van der Waals surface area contributed by atoms with E-state index in [0.29, 0.717) is 39.6 Å². The Labute approximate surface area is 253 Å². The first kappa shape index (κ1) is 31.8. The summed E-state index contributed by atoms with van der Waals surface area (Å²) >= 11 is 1.40. The van der Waals surface area contributed by atoms with Gasteiger partial charge >= 0.3 is 12.0 Å². The molecule has 2 amide bonds. The van der Waals surface area contributed by atoms with Crippen LogP contribution in [-0.4, -0.2) is 49.9 Å². The number of hydrogen-bond donors (Lipinski definition) is 5. The first-order chi connectivity index (χ1) is 20.3. The number of fused-ring (bicyclic) bond motifs is 1. The van der Waals surface area contributed by atoms with E-state index in [9.17, 15) is 24.6 Å². The van der Waals surface area contributed by atoms with Gasteiger partial charge in [0.1, 0.15) is 16.4 Å². The van der Waals surface area contributed by atoms with E-state index in [-0.39, 0.29) is 29.5 Å². The molecule has 0 bridgehead atoms. The lowest BCUT2D eigenvalue weighted by molar-refractivity contribution is 0.0692. The summed E-state index contributed by atoms with van der Waals surface area (Å²) in [5.74, 6) is -0.873. The molecular weight excluding hydrogens is 568 g/mol.